The Balaban J connectivity index is 1.56. The van der Waals surface area contributed by atoms with Gasteiger partial charge in [0.2, 0.25) is 0 Å². The van der Waals surface area contributed by atoms with Crippen molar-refractivity contribution in [1.82, 2.24) is 24.7 Å². The van der Waals surface area contributed by atoms with Crippen LogP contribution in [0.25, 0.3) is 22.3 Å². The van der Waals surface area contributed by atoms with E-state index in [1.165, 1.54) is 17.3 Å². The van der Waals surface area contributed by atoms with Gasteiger partial charge in [-0.2, -0.15) is 0 Å². The number of carbonyl (C=O) groups excluding carboxylic acids is 1. The van der Waals surface area contributed by atoms with Gasteiger partial charge in [0.25, 0.3) is 0 Å². The molecule has 1 aromatic carbocycles. The van der Waals surface area contributed by atoms with E-state index in [0.29, 0.717) is 23.9 Å². The maximum Gasteiger partial charge on any atom is 0.192 e. The Morgan fingerprint density at radius 2 is 2.03 bits per heavy atom. The van der Waals surface area contributed by atoms with E-state index in [1.54, 1.807) is 19.5 Å². The molecule has 0 aliphatic heterocycles. The van der Waals surface area contributed by atoms with Crippen LogP contribution in [0.1, 0.15) is 22.8 Å². The molecule has 7 nitrogen and oxygen atoms in total. The van der Waals surface area contributed by atoms with Crippen molar-refractivity contribution < 1.29 is 9.53 Å². The molecule has 30 heavy (non-hydrogen) atoms. The number of aromatic amines is 1. The van der Waals surface area contributed by atoms with E-state index in [4.69, 9.17) is 4.74 Å². The van der Waals surface area contributed by atoms with Gasteiger partial charge in [-0.1, -0.05) is 36.9 Å². The molecule has 8 heteroatoms. The van der Waals surface area contributed by atoms with Crippen LogP contribution >= 0.6 is 11.8 Å². The average molecular weight is 422 g/mol. The van der Waals surface area contributed by atoms with E-state index in [2.05, 4.69) is 33.2 Å². The first-order valence-electron chi connectivity index (χ1n) is 9.80. The highest BCUT2D eigenvalue weighted by Gasteiger charge is 2.18. The molecule has 0 aliphatic rings. The van der Waals surface area contributed by atoms with Crippen LogP contribution in [-0.4, -0.2) is 50.0 Å². The van der Waals surface area contributed by atoms with E-state index >= 15 is 0 Å². The lowest BCUT2D eigenvalue weighted by Gasteiger charge is -2.09. The number of hydrogen-bond donors (Lipinski definition) is 1. The molecule has 3 heterocycles. The zero-order valence-corrected chi connectivity index (χ0v) is 17.8. The number of H-pyrrole nitrogens is 1. The van der Waals surface area contributed by atoms with Crippen LogP contribution in [0, 0.1) is 0 Å². The standard InChI is InChI=1S/C22H23N5O2S/c1-3-15-5-4-6-17-18(13-24-20(15)17)19(28)14-30-22-26-25-21(27(22)11-12-29-2)16-7-9-23-10-8-16/h4-10,13,24H,3,11-12,14H2,1-2H3. The number of ketones is 1. The topological polar surface area (TPSA) is 85.7 Å². The molecule has 0 aliphatic carbocycles. The van der Waals surface area contributed by atoms with E-state index < -0.39 is 0 Å². The molecule has 0 radical (unpaired) electrons. The van der Waals surface area contributed by atoms with Crippen molar-refractivity contribution in [3.05, 3.63) is 60.0 Å². The number of aromatic nitrogens is 5. The number of methoxy groups -OCH3 is 1. The number of carbonyl (C=O) groups is 1. The molecule has 154 valence electrons. The lowest BCUT2D eigenvalue weighted by Crippen LogP contribution is -2.09. The molecule has 0 bridgehead atoms. The first-order chi connectivity index (χ1) is 14.7. The van der Waals surface area contributed by atoms with Gasteiger partial charge in [0, 0.05) is 47.7 Å². The van der Waals surface area contributed by atoms with Gasteiger partial charge in [-0.25, -0.2) is 0 Å². The van der Waals surface area contributed by atoms with Crippen molar-refractivity contribution in [3.63, 3.8) is 0 Å². The van der Waals surface area contributed by atoms with Crippen LogP contribution in [0.15, 0.2) is 54.1 Å². The molecule has 0 unspecified atom stereocenters. The third-order valence-corrected chi connectivity index (χ3v) is 5.96. The van der Waals surface area contributed by atoms with E-state index in [0.717, 1.165) is 28.7 Å². The molecular weight excluding hydrogens is 398 g/mol. The minimum atomic E-state index is 0.0613. The van der Waals surface area contributed by atoms with Gasteiger partial charge in [0.1, 0.15) is 0 Å². The fourth-order valence-electron chi connectivity index (χ4n) is 3.44. The summed E-state index contributed by atoms with van der Waals surface area (Å²) in [7, 11) is 1.66. The average Bonchev–Trinajstić information content (AvgIpc) is 3.40. The van der Waals surface area contributed by atoms with Crippen molar-refractivity contribution >= 4 is 28.4 Å². The second kappa shape index (κ2) is 9.23. The first kappa shape index (κ1) is 20.3. The molecule has 0 atom stereocenters. The monoisotopic (exact) mass is 421 g/mol. The maximum atomic E-state index is 13.0. The number of nitrogens with one attached hydrogen (secondary N) is 1. The Morgan fingerprint density at radius 3 is 2.80 bits per heavy atom. The number of Topliss-reactive ketones (excluding diaryl/α,β-unsaturated/α-hetero) is 1. The minimum Gasteiger partial charge on any atom is -0.383 e. The molecule has 0 saturated heterocycles. The molecular formula is C22H23N5O2S. The molecule has 0 saturated carbocycles. The van der Waals surface area contributed by atoms with E-state index in [1.807, 2.05) is 35.0 Å². The van der Waals surface area contributed by atoms with Crippen molar-refractivity contribution in [2.75, 3.05) is 19.5 Å². The summed E-state index contributed by atoms with van der Waals surface area (Å²) in [5.41, 5.74) is 3.89. The minimum absolute atomic E-state index is 0.0613. The van der Waals surface area contributed by atoms with Crippen LogP contribution < -0.4 is 0 Å². The number of nitrogens with zero attached hydrogens (tertiary/aromatic N) is 4. The number of para-hydroxylation sites is 1. The lowest BCUT2D eigenvalue weighted by molar-refractivity contribution is 0.102. The van der Waals surface area contributed by atoms with Crippen LogP contribution in [0.5, 0.6) is 0 Å². The summed E-state index contributed by atoms with van der Waals surface area (Å²) in [5, 5.41) is 10.3. The van der Waals surface area contributed by atoms with Gasteiger partial charge >= 0.3 is 0 Å². The SMILES string of the molecule is CCc1cccc2c(C(=O)CSc3nnc(-c4ccncc4)n3CCOC)c[nH]c12. The first-order valence-corrected chi connectivity index (χ1v) is 10.8. The van der Waals surface area contributed by atoms with Crippen LogP contribution in [0.3, 0.4) is 0 Å². The van der Waals surface area contributed by atoms with Gasteiger partial charge in [0.15, 0.2) is 16.8 Å². The Morgan fingerprint density at radius 1 is 1.20 bits per heavy atom. The fourth-order valence-corrected chi connectivity index (χ4v) is 4.29. The summed E-state index contributed by atoms with van der Waals surface area (Å²) in [5.74, 6) is 1.08. The molecule has 0 fully saturated rings. The van der Waals surface area contributed by atoms with Crippen molar-refractivity contribution in [2.24, 2.45) is 0 Å². The van der Waals surface area contributed by atoms with Gasteiger partial charge in [-0.15, -0.1) is 10.2 Å². The molecule has 0 spiro atoms. The number of benzene rings is 1. The summed E-state index contributed by atoms with van der Waals surface area (Å²) >= 11 is 1.39. The third kappa shape index (κ3) is 4.01. The van der Waals surface area contributed by atoms with E-state index in [-0.39, 0.29) is 11.5 Å². The third-order valence-electron chi connectivity index (χ3n) is 4.99. The molecule has 3 aromatic heterocycles. The van der Waals surface area contributed by atoms with Crippen LogP contribution in [0.2, 0.25) is 0 Å². The maximum absolute atomic E-state index is 13.0. The highest BCUT2D eigenvalue weighted by atomic mass is 32.2. The van der Waals surface area contributed by atoms with Crippen LogP contribution in [0.4, 0.5) is 0 Å². The summed E-state index contributed by atoms with van der Waals surface area (Å²) < 4.78 is 7.23. The number of ether oxygens (including phenoxy) is 1. The largest absolute Gasteiger partial charge is 0.383 e. The number of thioether (sulfide) groups is 1. The summed E-state index contributed by atoms with van der Waals surface area (Å²) in [6, 6.07) is 9.86. The Hall–Kier alpha value is -2.97. The molecule has 4 rings (SSSR count). The number of hydrogen-bond acceptors (Lipinski definition) is 6. The van der Waals surface area contributed by atoms with Gasteiger partial charge < -0.3 is 9.72 Å². The molecule has 0 amide bonds. The Bertz CT molecular complexity index is 1150. The van der Waals surface area contributed by atoms with Crippen molar-refractivity contribution in [2.45, 2.75) is 25.0 Å². The fraction of sp³-hybridized carbons (Fsp3) is 0.273. The van der Waals surface area contributed by atoms with E-state index in [9.17, 15) is 4.79 Å². The number of aryl methyl sites for hydroxylation is 1. The normalized spacial score (nSPS) is 11.3. The van der Waals surface area contributed by atoms with Crippen LogP contribution in [-0.2, 0) is 17.7 Å². The second-order valence-electron chi connectivity index (χ2n) is 6.79. The van der Waals surface area contributed by atoms with Gasteiger partial charge in [-0.05, 0) is 24.1 Å². The molecule has 4 aromatic rings. The number of rotatable bonds is 9. The Labute approximate surface area is 178 Å². The zero-order valence-electron chi connectivity index (χ0n) is 17.0. The smallest absolute Gasteiger partial charge is 0.192 e. The highest BCUT2D eigenvalue weighted by molar-refractivity contribution is 7.99. The highest BCUT2D eigenvalue weighted by Crippen LogP contribution is 2.27. The summed E-state index contributed by atoms with van der Waals surface area (Å²) in [6.45, 7) is 3.24. The lowest BCUT2D eigenvalue weighted by atomic mass is 10.1. The quantitative estimate of drug-likeness (QED) is 0.325. The molecule has 1 N–H and O–H groups in total. The Kier molecular flexibility index (Phi) is 6.25. The predicted octanol–water partition coefficient (Wildman–Crippen LogP) is 4.01. The van der Waals surface area contributed by atoms with Crippen molar-refractivity contribution in [1.29, 1.82) is 0 Å². The van der Waals surface area contributed by atoms with Crippen molar-refractivity contribution in [3.8, 4) is 11.4 Å². The second-order valence-corrected chi connectivity index (χ2v) is 7.74. The number of fused-ring (bicyclic) bond motifs is 1. The summed E-state index contributed by atoms with van der Waals surface area (Å²) in [6.07, 6.45) is 6.18. The van der Waals surface area contributed by atoms with Gasteiger partial charge in [0.05, 0.1) is 18.9 Å². The predicted molar refractivity (Wildman–Crippen MR) is 118 cm³/mol. The summed E-state index contributed by atoms with van der Waals surface area (Å²) in [4.78, 5) is 20.3. The zero-order chi connectivity index (χ0) is 20.9. The number of pyridine rings is 1. The van der Waals surface area contributed by atoms with Gasteiger partial charge in [-0.3, -0.25) is 14.3 Å².